The lowest BCUT2D eigenvalue weighted by molar-refractivity contribution is -0.358. The van der Waals surface area contributed by atoms with Crippen LogP contribution in [0.4, 0.5) is 0 Å². The summed E-state index contributed by atoms with van der Waals surface area (Å²) in [6, 6.07) is -3.13. The molecule has 3 aliphatic rings. The number of carboxylic acids is 1. The number of carbonyl (C=O) groups excluding carboxylic acids is 2. The van der Waals surface area contributed by atoms with E-state index in [1.54, 1.807) is 0 Å². The van der Waals surface area contributed by atoms with Gasteiger partial charge in [0.15, 0.2) is 12.6 Å². The van der Waals surface area contributed by atoms with E-state index in [4.69, 9.17) is 28.8 Å². The van der Waals surface area contributed by atoms with Crippen LogP contribution >= 0.6 is 0 Å². The van der Waals surface area contributed by atoms with Crippen LogP contribution in [-0.4, -0.2) is 203 Å². The molecule has 0 aromatic heterocycles. The van der Waals surface area contributed by atoms with Crippen molar-refractivity contribution in [3.63, 3.8) is 0 Å². The van der Waals surface area contributed by atoms with Gasteiger partial charge < -0.3 is 95.6 Å². The summed E-state index contributed by atoms with van der Waals surface area (Å²) in [5, 5.41) is 126. The minimum atomic E-state index is -2.90. The van der Waals surface area contributed by atoms with E-state index >= 15 is 0 Å². The minimum Gasteiger partial charge on any atom is -0.477 e. The Morgan fingerprint density at radius 3 is 2.11 bits per heavy atom. The zero-order valence-electron chi connectivity index (χ0n) is 24.8. The van der Waals surface area contributed by atoms with Crippen LogP contribution in [0.2, 0.25) is 0 Å². The maximum absolute atomic E-state index is 12.4. The zero-order chi connectivity index (χ0) is 35.4. The molecule has 0 radical (unpaired) electrons. The van der Waals surface area contributed by atoms with Gasteiger partial charge in [0.25, 0.3) is 5.79 Å². The normalized spacial score (nSPS) is 42.3. The molecule has 3 rings (SSSR count). The SMILES string of the molecule is CC(=O)N[C@@H]1[C@@H](O)[C@H](O[C@@H]2O[C@H](CO[C@]3(C(=O)O)C[C@H](O)[C@@H](NC(=O)CO)[C@H]([C@H](O)[C@H](O)CO)O3)[C@H](O)[C@H](O)[C@H]2O)[C@@H](CO)O[C@H]1O. The van der Waals surface area contributed by atoms with E-state index < -0.39 is 148 Å². The number of carbonyl (C=O) groups is 3. The number of hydrogen-bond donors (Lipinski definition) is 14. The maximum atomic E-state index is 12.4. The summed E-state index contributed by atoms with van der Waals surface area (Å²) in [5.74, 6) is -6.59. The smallest absolute Gasteiger partial charge is 0.364 e. The first-order chi connectivity index (χ1) is 22.0. The number of carboxylic acid groups (broad SMARTS) is 1. The van der Waals surface area contributed by atoms with Gasteiger partial charge in [0.05, 0.1) is 32.0 Å². The fraction of sp³-hybridized carbons (Fsp3) is 0.880. The van der Waals surface area contributed by atoms with Gasteiger partial charge in [0.2, 0.25) is 11.8 Å². The van der Waals surface area contributed by atoms with Gasteiger partial charge >= 0.3 is 5.97 Å². The standard InChI is InChI=1S/C25H42N2O20/c1-7(31)26-14-17(37)20(10(4-29)44-22(14)40)46-23-19(39)18(38)16(36)11(45-23)6-43-25(24(41)42)2-8(32)13(27-12(34)5-30)21(47-25)15(35)9(33)3-28/h8-11,13-23,28-30,32-33,35-40H,2-6H2,1H3,(H,26,31)(H,27,34)(H,41,42)/t8-,9+,10+,11+,13+,14+,15+,16-,17+,18-,19+,20+,21+,22+,23-,25+/m0/s1. The number of hydrogen-bond acceptors (Lipinski definition) is 19. The van der Waals surface area contributed by atoms with Crippen molar-refractivity contribution in [2.24, 2.45) is 0 Å². The van der Waals surface area contributed by atoms with Gasteiger partial charge in [-0.2, -0.15) is 0 Å². The second-order valence-electron chi connectivity index (χ2n) is 11.3. The molecule has 14 N–H and O–H groups in total. The van der Waals surface area contributed by atoms with Crippen LogP contribution in [0.5, 0.6) is 0 Å². The lowest BCUT2D eigenvalue weighted by Crippen LogP contribution is -2.69. The van der Waals surface area contributed by atoms with Crippen molar-refractivity contribution in [1.29, 1.82) is 0 Å². The van der Waals surface area contributed by atoms with Crippen molar-refractivity contribution in [2.45, 2.75) is 111 Å². The van der Waals surface area contributed by atoms with Crippen molar-refractivity contribution < 1.29 is 99.3 Å². The lowest BCUT2D eigenvalue weighted by Gasteiger charge is -2.48. The van der Waals surface area contributed by atoms with E-state index in [2.05, 4.69) is 10.6 Å². The lowest BCUT2D eigenvalue weighted by atomic mass is 9.88. The first-order valence-electron chi connectivity index (χ1n) is 14.4. The number of ether oxygens (including phenoxy) is 5. The van der Waals surface area contributed by atoms with Crippen molar-refractivity contribution in [3.8, 4) is 0 Å². The quantitative estimate of drug-likeness (QED) is 0.0852. The Morgan fingerprint density at radius 1 is 0.894 bits per heavy atom. The molecular formula is C25H42N2O20. The van der Waals surface area contributed by atoms with Crippen LogP contribution in [0.25, 0.3) is 0 Å². The topological polar surface area (TPSA) is 364 Å². The Labute approximate surface area is 265 Å². The van der Waals surface area contributed by atoms with Crippen LogP contribution in [0.3, 0.4) is 0 Å². The molecule has 22 heteroatoms. The van der Waals surface area contributed by atoms with Crippen molar-refractivity contribution in [3.05, 3.63) is 0 Å². The molecule has 3 heterocycles. The molecule has 0 aliphatic carbocycles. The van der Waals surface area contributed by atoms with Crippen molar-refractivity contribution >= 4 is 17.8 Å². The van der Waals surface area contributed by atoms with E-state index in [1.165, 1.54) is 0 Å². The third-order valence-electron chi connectivity index (χ3n) is 7.97. The molecule has 3 aliphatic heterocycles. The van der Waals surface area contributed by atoms with Crippen LogP contribution in [0.1, 0.15) is 13.3 Å². The van der Waals surface area contributed by atoms with Crippen molar-refractivity contribution in [2.75, 3.05) is 26.4 Å². The van der Waals surface area contributed by atoms with Crippen LogP contribution in [-0.2, 0) is 38.1 Å². The van der Waals surface area contributed by atoms with E-state index in [0.29, 0.717) is 0 Å². The number of rotatable bonds is 13. The third-order valence-corrected chi connectivity index (χ3v) is 7.97. The fourth-order valence-electron chi connectivity index (χ4n) is 5.45. The molecule has 3 saturated heterocycles. The number of aliphatic hydroxyl groups is 11. The molecule has 0 aromatic rings. The summed E-state index contributed by atoms with van der Waals surface area (Å²) in [4.78, 5) is 35.8. The monoisotopic (exact) mass is 690 g/mol. The molecule has 0 saturated carbocycles. The largest absolute Gasteiger partial charge is 0.477 e. The molecule has 0 aromatic carbocycles. The summed E-state index contributed by atoms with van der Waals surface area (Å²) in [5.41, 5.74) is 0. The fourth-order valence-corrected chi connectivity index (χ4v) is 5.45. The average Bonchev–Trinajstić information content (AvgIpc) is 3.03. The molecule has 2 amide bonds. The number of amides is 2. The summed E-state index contributed by atoms with van der Waals surface area (Å²) in [7, 11) is 0. The maximum Gasteiger partial charge on any atom is 0.364 e. The second-order valence-corrected chi connectivity index (χ2v) is 11.3. The summed E-state index contributed by atoms with van der Waals surface area (Å²) in [6.07, 6.45) is -25.5. The molecular weight excluding hydrogens is 648 g/mol. The highest BCUT2D eigenvalue weighted by Crippen LogP contribution is 2.35. The van der Waals surface area contributed by atoms with Gasteiger partial charge in [0.1, 0.15) is 73.7 Å². The Bertz CT molecular complexity index is 1070. The Balaban J connectivity index is 1.83. The Hall–Kier alpha value is -2.23. The van der Waals surface area contributed by atoms with Crippen LogP contribution in [0, 0.1) is 0 Å². The minimum absolute atomic E-state index is 0.687. The highest BCUT2D eigenvalue weighted by Gasteiger charge is 2.57. The molecule has 0 bridgehead atoms. The van der Waals surface area contributed by atoms with Gasteiger partial charge in [-0.05, 0) is 0 Å². The number of nitrogens with one attached hydrogen (secondary N) is 2. The van der Waals surface area contributed by atoms with Gasteiger partial charge in [-0.25, -0.2) is 4.79 Å². The molecule has 0 spiro atoms. The van der Waals surface area contributed by atoms with Gasteiger partial charge in [-0.1, -0.05) is 0 Å². The Morgan fingerprint density at radius 2 is 1.55 bits per heavy atom. The molecule has 272 valence electrons. The van der Waals surface area contributed by atoms with E-state index in [1.807, 2.05) is 0 Å². The third kappa shape index (κ3) is 8.69. The summed E-state index contributed by atoms with van der Waals surface area (Å²) in [6.45, 7) is -2.94. The molecule has 3 fully saturated rings. The predicted molar refractivity (Wildman–Crippen MR) is 143 cm³/mol. The zero-order valence-corrected chi connectivity index (χ0v) is 24.8. The summed E-state index contributed by atoms with van der Waals surface area (Å²) >= 11 is 0. The van der Waals surface area contributed by atoms with E-state index in [0.717, 1.165) is 6.92 Å². The summed E-state index contributed by atoms with van der Waals surface area (Å²) < 4.78 is 27.1. The first kappa shape index (κ1) is 39.2. The second kappa shape index (κ2) is 16.4. The highest BCUT2D eigenvalue weighted by atomic mass is 16.8. The Kier molecular flexibility index (Phi) is 13.7. The first-order valence-corrected chi connectivity index (χ1v) is 14.4. The van der Waals surface area contributed by atoms with Crippen LogP contribution in [0.15, 0.2) is 0 Å². The van der Waals surface area contributed by atoms with Gasteiger partial charge in [-0.3, -0.25) is 9.59 Å². The highest BCUT2D eigenvalue weighted by molar-refractivity contribution is 5.78. The van der Waals surface area contributed by atoms with Crippen molar-refractivity contribution in [1.82, 2.24) is 10.6 Å². The van der Waals surface area contributed by atoms with Gasteiger partial charge in [-0.15, -0.1) is 0 Å². The van der Waals surface area contributed by atoms with Crippen LogP contribution < -0.4 is 10.6 Å². The number of aliphatic hydroxyl groups excluding tert-OH is 11. The average molecular weight is 691 g/mol. The predicted octanol–water partition coefficient (Wildman–Crippen LogP) is -9.11. The molecule has 16 atom stereocenters. The molecule has 47 heavy (non-hydrogen) atoms. The molecule has 22 nitrogen and oxygen atoms in total. The van der Waals surface area contributed by atoms with Gasteiger partial charge in [0, 0.05) is 13.3 Å². The van der Waals surface area contributed by atoms with E-state index in [9.17, 15) is 70.6 Å². The molecule has 0 unspecified atom stereocenters. The number of aliphatic carboxylic acids is 1. The van der Waals surface area contributed by atoms with E-state index in [-0.39, 0.29) is 0 Å².